The van der Waals surface area contributed by atoms with Crippen LogP contribution in [0.25, 0.3) is 98.7 Å². The van der Waals surface area contributed by atoms with Gasteiger partial charge in [-0.1, -0.05) is 218 Å². The lowest BCUT2D eigenvalue weighted by Gasteiger charge is -2.27. The topological polar surface area (TPSA) is 3.24 Å². The fourth-order valence-electron chi connectivity index (χ4n) is 9.89. The van der Waals surface area contributed by atoms with Crippen LogP contribution in [0.3, 0.4) is 0 Å². The molecule has 12 aromatic rings. The van der Waals surface area contributed by atoms with Crippen LogP contribution in [0.4, 0.5) is 17.1 Å². The lowest BCUT2D eigenvalue weighted by molar-refractivity contribution is 1.29. The molecule has 0 radical (unpaired) electrons. The van der Waals surface area contributed by atoms with Crippen LogP contribution in [0.1, 0.15) is 0 Å². The predicted molar refractivity (Wildman–Crippen MR) is 278 cm³/mol. The van der Waals surface area contributed by atoms with Crippen LogP contribution in [0, 0.1) is 0 Å². The summed E-state index contributed by atoms with van der Waals surface area (Å²) in [7, 11) is 0. The highest BCUT2D eigenvalue weighted by Crippen LogP contribution is 2.47. The summed E-state index contributed by atoms with van der Waals surface area (Å²) >= 11 is 0. The van der Waals surface area contributed by atoms with Crippen molar-refractivity contribution < 1.29 is 0 Å². The van der Waals surface area contributed by atoms with Gasteiger partial charge >= 0.3 is 0 Å². The average Bonchev–Trinajstić information content (AvgIpc) is 3.39. The van der Waals surface area contributed by atoms with E-state index in [0.717, 1.165) is 17.1 Å². The van der Waals surface area contributed by atoms with E-state index in [2.05, 4.69) is 266 Å². The molecule has 1 nitrogen and oxygen atoms in total. The number of benzene rings is 12. The molecule has 0 heterocycles. The van der Waals surface area contributed by atoms with Gasteiger partial charge in [-0.25, -0.2) is 0 Å². The van der Waals surface area contributed by atoms with Crippen LogP contribution in [0.2, 0.25) is 0 Å². The highest BCUT2D eigenvalue weighted by molar-refractivity contribution is 6.22. The van der Waals surface area contributed by atoms with Crippen molar-refractivity contribution >= 4 is 60.2 Å². The van der Waals surface area contributed by atoms with Crippen molar-refractivity contribution in [1.82, 2.24) is 0 Å². The van der Waals surface area contributed by atoms with Crippen molar-refractivity contribution in [2.75, 3.05) is 4.90 Å². The Hall–Kier alpha value is -8.52. The molecule has 1 heteroatoms. The highest BCUT2D eigenvalue weighted by atomic mass is 15.1. The quantitative estimate of drug-likeness (QED) is 0.138. The van der Waals surface area contributed by atoms with Crippen LogP contribution >= 0.6 is 0 Å². The van der Waals surface area contributed by atoms with Crippen molar-refractivity contribution in [3.8, 4) is 55.6 Å². The second kappa shape index (κ2) is 16.3. The highest BCUT2D eigenvalue weighted by Gasteiger charge is 2.21. The third-order valence-electron chi connectivity index (χ3n) is 13.0. The first-order chi connectivity index (χ1) is 32.2. The molecule has 0 aliphatic carbocycles. The average molecular weight is 826 g/mol. The lowest BCUT2D eigenvalue weighted by atomic mass is 9.85. The smallest absolute Gasteiger partial charge is 0.0468 e. The van der Waals surface area contributed by atoms with Crippen molar-refractivity contribution in [3.63, 3.8) is 0 Å². The van der Waals surface area contributed by atoms with E-state index in [1.807, 2.05) is 0 Å². The summed E-state index contributed by atoms with van der Waals surface area (Å²) in [5.74, 6) is 0. The van der Waals surface area contributed by atoms with Gasteiger partial charge in [0.25, 0.3) is 0 Å². The summed E-state index contributed by atoms with van der Waals surface area (Å²) < 4.78 is 0. The van der Waals surface area contributed by atoms with Gasteiger partial charge in [-0.05, 0) is 141 Å². The summed E-state index contributed by atoms with van der Waals surface area (Å²) in [5.41, 5.74) is 15.3. The minimum Gasteiger partial charge on any atom is -0.310 e. The molecule has 0 unspecified atom stereocenters. The van der Waals surface area contributed by atoms with Gasteiger partial charge in [-0.15, -0.1) is 0 Å². The molecule has 0 fully saturated rings. The van der Waals surface area contributed by atoms with Crippen LogP contribution in [0.5, 0.6) is 0 Å². The molecule has 0 amide bonds. The van der Waals surface area contributed by atoms with Gasteiger partial charge < -0.3 is 4.90 Å². The summed E-state index contributed by atoms with van der Waals surface area (Å²) in [6, 6.07) is 95.3. The number of nitrogens with zero attached hydrogens (tertiary/aromatic N) is 1. The first kappa shape index (κ1) is 38.2. The molecule has 0 N–H and O–H groups in total. The van der Waals surface area contributed by atoms with Crippen LogP contribution in [0.15, 0.2) is 261 Å². The Labute approximate surface area is 379 Å². The third kappa shape index (κ3) is 7.01. The summed E-state index contributed by atoms with van der Waals surface area (Å²) in [5, 5.41) is 9.93. The zero-order valence-electron chi connectivity index (χ0n) is 35.8. The Morgan fingerprint density at radius 2 is 0.677 bits per heavy atom. The van der Waals surface area contributed by atoms with Gasteiger partial charge in [0.2, 0.25) is 0 Å². The van der Waals surface area contributed by atoms with Crippen molar-refractivity contribution in [1.29, 1.82) is 0 Å². The Morgan fingerprint density at radius 1 is 0.200 bits per heavy atom. The third-order valence-corrected chi connectivity index (χ3v) is 13.0. The molecular formula is C64H43N. The maximum atomic E-state index is 2.42. The number of hydrogen-bond acceptors (Lipinski definition) is 1. The Morgan fingerprint density at radius 3 is 1.40 bits per heavy atom. The predicted octanol–water partition coefficient (Wildman–Crippen LogP) is 18.1. The van der Waals surface area contributed by atoms with E-state index in [9.17, 15) is 0 Å². The first-order valence-electron chi connectivity index (χ1n) is 22.4. The van der Waals surface area contributed by atoms with Gasteiger partial charge in [-0.3, -0.25) is 0 Å². The molecule has 0 aliphatic heterocycles. The molecule has 0 aromatic heterocycles. The van der Waals surface area contributed by atoms with E-state index in [0.29, 0.717) is 0 Å². The first-order valence-corrected chi connectivity index (χ1v) is 22.4. The van der Waals surface area contributed by atoms with Crippen LogP contribution in [-0.4, -0.2) is 0 Å². The molecule has 0 atom stereocenters. The fraction of sp³-hybridized carbons (Fsp3) is 0. The monoisotopic (exact) mass is 825 g/mol. The summed E-state index contributed by atoms with van der Waals surface area (Å²) in [6.07, 6.45) is 0. The maximum Gasteiger partial charge on any atom is 0.0468 e. The Balaban J connectivity index is 1.03. The number of hydrogen-bond donors (Lipinski definition) is 0. The van der Waals surface area contributed by atoms with E-state index >= 15 is 0 Å². The summed E-state index contributed by atoms with van der Waals surface area (Å²) in [6.45, 7) is 0. The normalized spacial score (nSPS) is 11.4. The van der Waals surface area contributed by atoms with Gasteiger partial charge in [-0.2, -0.15) is 0 Å². The lowest BCUT2D eigenvalue weighted by Crippen LogP contribution is -2.10. The van der Waals surface area contributed by atoms with E-state index < -0.39 is 0 Å². The number of anilines is 3. The SMILES string of the molecule is c1ccc(-c2c(-c3ccccc3)c3cc(N(c4ccc(-c5ccc(-c6ccc7ccccc7c6)cc5)cc4)c4cccc(-c5cccc6ccccc56)c4)ccc3c3ccccc23)cc1. The molecule has 65 heavy (non-hydrogen) atoms. The summed E-state index contributed by atoms with van der Waals surface area (Å²) in [4.78, 5) is 2.42. The molecule has 0 saturated heterocycles. The van der Waals surface area contributed by atoms with E-state index in [1.54, 1.807) is 0 Å². The Kier molecular flexibility index (Phi) is 9.58. The standard InChI is InChI=1S/C64H43N/c1-3-17-49(18-4-1)63-61-27-12-11-26-59(61)60-40-39-56(43-62(60)64(63)50-19-5-2-6-20-50)65(55-24-13-23-53(42-55)58-28-14-22-48-16-9-10-25-57(48)58)54-37-35-46(36-38-54)45-29-31-47(32-30-45)52-34-33-44-15-7-8-21-51(44)41-52/h1-43H. The molecule has 0 spiro atoms. The van der Waals surface area contributed by atoms with Crippen LogP contribution < -0.4 is 4.90 Å². The second-order valence-electron chi connectivity index (χ2n) is 16.9. The van der Waals surface area contributed by atoms with E-state index in [-0.39, 0.29) is 0 Å². The zero-order valence-corrected chi connectivity index (χ0v) is 35.8. The van der Waals surface area contributed by atoms with E-state index in [4.69, 9.17) is 0 Å². The fourth-order valence-corrected chi connectivity index (χ4v) is 9.89. The van der Waals surface area contributed by atoms with Crippen LogP contribution in [-0.2, 0) is 0 Å². The Bertz CT molecular complexity index is 3680. The van der Waals surface area contributed by atoms with Crippen molar-refractivity contribution in [2.24, 2.45) is 0 Å². The number of fused-ring (bicyclic) bond motifs is 5. The minimum atomic E-state index is 1.08. The van der Waals surface area contributed by atoms with Crippen molar-refractivity contribution in [2.45, 2.75) is 0 Å². The van der Waals surface area contributed by atoms with Gasteiger partial charge in [0.15, 0.2) is 0 Å². The minimum absolute atomic E-state index is 1.08. The second-order valence-corrected chi connectivity index (χ2v) is 16.9. The van der Waals surface area contributed by atoms with E-state index in [1.165, 1.54) is 98.7 Å². The molecule has 12 aromatic carbocycles. The zero-order chi connectivity index (χ0) is 43.1. The largest absolute Gasteiger partial charge is 0.310 e. The molecule has 0 saturated carbocycles. The van der Waals surface area contributed by atoms with Gasteiger partial charge in [0.05, 0.1) is 0 Å². The van der Waals surface area contributed by atoms with Gasteiger partial charge in [0.1, 0.15) is 0 Å². The molecule has 12 rings (SSSR count). The maximum absolute atomic E-state index is 2.42. The molecule has 0 bridgehead atoms. The van der Waals surface area contributed by atoms with Crippen molar-refractivity contribution in [3.05, 3.63) is 261 Å². The molecule has 0 aliphatic rings. The molecule has 304 valence electrons. The number of rotatable bonds is 8. The van der Waals surface area contributed by atoms with Gasteiger partial charge in [0, 0.05) is 17.1 Å². The molecular weight excluding hydrogens is 783 g/mol.